The summed E-state index contributed by atoms with van der Waals surface area (Å²) in [4.78, 5) is 4.11. The molecular formula is C8H19N3. The van der Waals surface area contributed by atoms with Gasteiger partial charge in [-0.1, -0.05) is 6.92 Å². The van der Waals surface area contributed by atoms with Gasteiger partial charge in [-0.15, -0.1) is 0 Å². The summed E-state index contributed by atoms with van der Waals surface area (Å²) < 4.78 is 0. The van der Waals surface area contributed by atoms with E-state index in [4.69, 9.17) is 5.41 Å². The van der Waals surface area contributed by atoms with Crippen LogP contribution < -0.4 is 0 Å². The molecule has 0 radical (unpaired) electrons. The maximum atomic E-state index is 7.50. The van der Waals surface area contributed by atoms with Gasteiger partial charge in [0.2, 0.25) is 0 Å². The van der Waals surface area contributed by atoms with E-state index in [1.807, 2.05) is 33.0 Å². The van der Waals surface area contributed by atoms with Crippen molar-refractivity contribution in [3.63, 3.8) is 0 Å². The third-order valence-electron chi connectivity index (χ3n) is 1.68. The monoisotopic (exact) mass is 157 g/mol. The van der Waals surface area contributed by atoms with Crippen LogP contribution >= 0.6 is 0 Å². The average molecular weight is 157 g/mol. The lowest BCUT2D eigenvalue weighted by Gasteiger charge is -2.20. The van der Waals surface area contributed by atoms with Crippen molar-refractivity contribution in [2.24, 2.45) is 0 Å². The van der Waals surface area contributed by atoms with Crippen molar-refractivity contribution >= 4 is 5.84 Å². The Morgan fingerprint density at radius 1 is 1.18 bits per heavy atom. The van der Waals surface area contributed by atoms with Gasteiger partial charge >= 0.3 is 0 Å². The van der Waals surface area contributed by atoms with Gasteiger partial charge in [0.25, 0.3) is 0 Å². The molecule has 0 fully saturated rings. The summed E-state index contributed by atoms with van der Waals surface area (Å²) in [6.45, 7) is 3.97. The maximum Gasteiger partial charge on any atom is 0.0952 e. The third-order valence-corrected chi connectivity index (χ3v) is 1.68. The Bertz CT molecular complexity index is 121. The van der Waals surface area contributed by atoms with E-state index in [1.165, 1.54) is 0 Å². The van der Waals surface area contributed by atoms with Gasteiger partial charge in [-0.3, -0.25) is 5.41 Å². The Labute approximate surface area is 69.5 Å². The first-order valence-corrected chi connectivity index (χ1v) is 4.01. The van der Waals surface area contributed by atoms with E-state index < -0.39 is 0 Å². The molecule has 0 spiro atoms. The Kier molecular flexibility index (Phi) is 4.86. The van der Waals surface area contributed by atoms with Crippen LogP contribution in [0.2, 0.25) is 0 Å². The van der Waals surface area contributed by atoms with E-state index in [2.05, 4.69) is 4.90 Å². The minimum absolute atomic E-state index is 0.715. The molecule has 0 atom stereocenters. The lowest BCUT2D eigenvalue weighted by molar-refractivity contribution is 0.354. The van der Waals surface area contributed by atoms with Crippen molar-refractivity contribution in [2.45, 2.75) is 13.3 Å². The highest BCUT2D eigenvalue weighted by Crippen LogP contribution is 1.89. The summed E-state index contributed by atoms with van der Waals surface area (Å²) in [6.07, 6.45) is 0.823. The second-order valence-corrected chi connectivity index (χ2v) is 3.03. The molecule has 0 saturated heterocycles. The standard InChI is InChI=1S/C8H19N3/c1-5-8(9)11(4)7-6-10(2)3/h9H,5-7H2,1-4H3. The summed E-state index contributed by atoms with van der Waals surface area (Å²) in [6, 6.07) is 0. The first kappa shape index (κ1) is 10.4. The first-order chi connectivity index (χ1) is 5.07. The quantitative estimate of drug-likeness (QED) is 0.485. The van der Waals surface area contributed by atoms with E-state index in [1.54, 1.807) is 0 Å². The van der Waals surface area contributed by atoms with E-state index in [0.29, 0.717) is 5.84 Å². The number of hydrogen-bond donors (Lipinski definition) is 1. The van der Waals surface area contributed by atoms with Gasteiger partial charge in [-0.25, -0.2) is 0 Å². The number of nitrogens with one attached hydrogen (secondary N) is 1. The molecule has 0 aliphatic heterocycles. The maximum absolute atomic E-state index is 7.50. The molecule has 0 aromatic carbocycles. The Hall–Kier alpha value is -0.570. The fourth-order valence-corrected chi connectivity index (χ4v) is 0.755. The normalized spacial score (nSPS) is 10.3. The van der Waals surface area contributed by atoms with Gasteiger partial charge in [0.05, 0.1) is 5.84 Å². The smallest absolute Gasteiger partial charge is 0.0952 e. The zero-order valence-corrected chi connectivity index (χ0v) is 8.02. The van der Waals surface area contributed by atoms with Gasteiger partial charge < -0.3 is 9.80 Å². The minimum atomic E-state index is 0.715. The summed E-state index contributed by atoms with van der Waals surface area (Å²) in [5.74, 6) is 0.715. The van der Waals surface area contributed by atoms with Crippen molar-refractivity contribution < 1.29 is 0 Å². The summed E-state index contributed by atoms with van der Waals surface area (Å²) in [5.41, 5.74) is 0. The number of nitrogens with zero attached hydrogens (tertiary/aromatic N) is 2. The molecule has 3 nitrogen and oxygen atoms in total. The van der Waals surface area contributed by atoms with Crippen LogP contribution in [-0.4, -0.2) is 49.9 Å². The van der Waals surface area contributed by atoms with Crippen LogP contribution in [0, 0.1) is 5.41 Å². The molecule has 0 amide bonds. The van der Waals surface area contributed by atoms with Crippen LogP contribution in [0.15, 0.2) is 0 Å². The topological polar surface area (TPSA) is 30.3 Å². The summed E-state index contributed by atoms with van der Waals surface area (Å²) in [5, 5.41) is 7.50. The van der Waals surface area contributed by atoms with Crippen LogP contribution in [0.5, 0.6) is 0 Å². The van der Waals surface area contributed by atoms with Crippen LogP contribution in [0.3, 0.4) is 0 Å². The zero-order chi connectivity index (χ0) is 8.85. The highest BCUT2D eigenvalue weighted by atomic mass is 15.2. The predicted octanol–water partition coefficient (Wildman–Crippen LogP) is 0.867. The molecule has 0 bridgehead atoms. The molecule has 3 heteroatoms. The summed E-state index contributed by atoms with van der Waals surface area (Å²) >= 11 is 0. The lowest BCUT2D eigenvalue weighted by atomic mass is 10.4. The second kappa shape index (κ2) is 5.13. The van der Waals surface area contributed by atoms with Crippen molar-refractivity contribution in [1.82, 2.24) is 9.80 Å². The van der Waals surface area contributed by atoms with E-state index in [9.17, 15) is 0 Å². The van der Waals surface area contributed by atoms with Gasteiger partial charge in [0.15, 0.2) is 0 Å². The van der Waals surface area contributed by atoms with Crippen LogP contribution in [-0.2, 0) is 0 Å². The largest absolute Gasteiger partial charge is 0.362 e. The molecule has 0 aromatic rings. The summed E-state index contributed by atoms with van der Waals surface area (Å²) in [7, 11) is 6.06. The van der Waals surface area contributed by atoms with Crippen LogP contribution in [0.4, 0.5) is 0 Å². The highest BCUT2D eigenvalue weighted by Gasteiger charge is 2.00. The Morgan fingerprint density at radius 2 is 1.73 bits per heavy atom. The van der Waals surface area contributed by atoms with Gasteiger partial charge in [-0.05, 0) is 14.1 Å². The van der Waals surface area contributed by atoms with E-state index >= 15 is 0 Å². The molecule has 0 aliphatic carbocycles. The molecule has 0 aliphatic rings. The third kappa shape index (κ3) is 4.79. The number of likely N-dealkylation sites (N-methyl/N-ethyl adjacent to an activating group) is 2. The van der Waals surface area contributed by atoms with Crippen LogP contribution in [0.25, 0.3) is 0 Å². The SMILES string of the molecule is CCC(=N)N(C)CCN(C)C. The van der Waals surface area contributed by atoms with Gasteiger partial charge in [-0.2, -0.15) is 0 Å². The molecule has 0 aromatic heterocycles. The van der Waals surface area contributed by atoms with Gasteiger partial charge in [0, 0.05) is 26.6 Å². The number of amidine groups is 1. The second-order valence-electron chi connectivity index (χ2n) is 3.03. The molecule has 0 rings (SSSR count). The fraction of sp³-hybridized carbons (Fsp3) is 0.875. The highest BCUT2D eigenvalue weighted by molar-refractivity contribution is 5.78. The molecule has 0 saturated carbocycles. The molecule has 0 heterocycles. The molecule has 1 N–H and O–H groups in total. The van der Waals surface area contributed by atoms with E-state index in [-0.39, 0.29) is 0 Å². The lowest BCUT2D eigenvalue weighted by Crippen LogP contribution is -2.32. The number of rotatable bonds is 4. The zero-order valence-electron chi connectivity index (χ0n) is 8.02. The molecule has 11 heavy (non-hydrogen) atoms. The van der Waals surface area contributed by atoms with Crippen molar-refractivity contribution in [2.75, 3.05) is 34.2 Å². The van der Waals surface area contributed by atoms with Crippen molar-refractivity contribution in [3.8, 4) is 0 Å². The predicted molar refractivity (Wildman–Crippen MR) is 49.2 cm³/mol. The fourth-order valence-electron chi connectivity index (χ4n) is 0.755. The van der Waals surface area contributed by atoms with Crippen molar-refractivity contribution in [3.05, 3.63) is 0 Å². The molecular weight excluding hydrogens is 138 g/mol. The molecule has 0 unspecified atom stereocenters. The van der Waals surface area contributed by atoms with E-state index in [0.717, 1.165) is 19.5 Å². The average Bonchev–Trinajstić information content (AvgIpc) is 1.98. The number of hydrogen-bond acceptors (Lipinski definition) is 2. The Morgan fingerprint density at radius 3 is 2.09 bits per heavy atom. The first-order valence-electron chi connectivity index (χ1n) is 4.01. The van der Waals surface area contributed by atoms with Crippen LogP contribution in [0.1, 0.15) is 13.3 Å². The van der Waals surface area contributed by atoms with Gasteiger partial charge in [0.1, 0.15) is 0 Å². The minimum Gasteiger partial charge on any atom is -0.362 e. The molecule has 66 valence electrons. The van der Waals surface area contributed by atoms with Crippen molar-refractivity contribution in [1.29, 1.82) is 5.41 Å². The Balaban J connectivity index is 3.52.